The lowest BCUT2D eigenvalue weighted by Gasteiger charge is -2.37. The number of anilines is 1. The van der Waals surface area contributed by atoms with E-state index in [1.807, 2.05) is 0 Å². The first-order chi connectivity index (χ1) is 9.58. The third-order valence-corrected chi connectivity index (χ3v) is 3.84. The Morgan fingerprint density at radius 1 is 1.50 bits per heavy atom. The second-order valence-electron chi connectivity index (χ2n) is 5.61. The van der Waals surface area contributed by atoms with Crippen LogP contribution in [0.1, 0.15) is 32.3 Å². The van der Waals surface area contributed by atoms with E-state index in [4.69, 9.17) is 5.11 Å². The summed E-state index contributed by atoms with van der Waals surface area (Å²) in [5, 5.41) is 11.9. The zero-order valence-electron chi connectivity index (χ0n) is 12.3. The van der Waals surface area contributed by atoms with Gasteiger partial charge in [0.05, 0.1) is 6.10 Å². The molecule has 4 nitrogen and oxygen atoms in total. The molecule has 110 valence electrons. The lowest BCUT2D eigenvalue weighted by molar-refractivity contribution is -0.121. The van der Waals surface area contributed by atoms with E-state index < -0.39 is 6.10 Å². The van der Waals surface area contributed by atoms with Crippen LogP contribution in [0, 0.1) is 0 Å². The van der Waals surface area contributed by atoms with Gasteiger partial charge in [-0.1, -0.05) is 18.2 Å². The van der Waals surface area contributed by atoms with Gasteiger partial charge in [-0.25, -0.2) is 0 Å². The van der Waals surface area contributed by atoms with E-state index in [2.05, 4.69) is 41.4 Å². The average Bonchev–Trinajstić information content (AvgIpc) is 2.44. The summed E-state index contributed by atoms with van der Waals surface area (Å²) in [5.74, 6) is 0.00107. The standard InChI is InChI=1S/C16H24N2O2/c1-12-7-8-14-5-3-4-6-15(14)18(12)10-9-16(20)17-11-13(2)19/h3-6,12-13,19H,7-11H2,1-2H3,(H,17,20). The van der Waals surface area contributed by atoms with Crippen LogP contribution in [0.4, 0.5) is 5.69 Å². The number of aryl methyl sites for hydroxylation is 1. The van der Waals surface area contributed by atoms with Crippen molar-refractivity contribution in [1.82, 2.24) is 5.32 Å². The van der Waals surface area contributed by atoms with Crippen LogP contribution in [-0.4, -0.2) is 36.2 Å². The molecule has 0 bridgehead atoms. The van der Waals surface area contributed by atoms with E-state index in [-0.39, 0.29) is 5.91 Å². The largest absolute Gasteiger partial charge is 0.392 e. The normalized spacial score (nSPS) is 19.4. The third kappa shape index (κ3) is 3.73. The Morgan fingerprint density at radius 2 is 2.25 bits per heavy atom. The third-order valence-electron chi connectivity index (χ3n) is 3.84. The van der Waals surface area contributed by atoms with Gasteiger partial charge in [0, 0.05) is 31.2 Å². The quantitative estimate of drug-likeness (QED) is 0.861. The molecule has 1 aromatic rings. The molecule has 2 N–H and O–H groups in total. The highest BCUT2D eigenvalue weighted by Gasteiger charge is 2.22. The van der Waals surface area contributed by atoms with Crippen molar-refractivity contribution in [3.8, 4) is 0 Å². The molecule has 0 spiro atoms. The highest BCUT2D eigenvalue weighted by molar-refractivity contribution is 5.76. The monoisotopic (exact) mass is 276 g/mol. The van der Waals surface area contributed by atoms with Crippen molar-refractivity contribution in [2.75, 3.05) is 18.0 Å². The predicted octanol–water partition coefficient (Wildman–Crippen LogP) is 1.71. The van der Waals surface area contributed by atoms with Gasteiger partial charge >= 0.3 is 0 Å². The smallest absolute Gasteiger partial charge is 0.221 e. The summed E-state index contributed by atoms with van der Waals surface area (Å²) >= 11 is 0. The SMILES string of the molecule is CC(O)CNC(=O)CCN1c2ccccc2CCC1C. The minimum absolute atomic E-state index is 0.00107. The number of carbonyl (C=O) groups is 1. The number of amides is 1. The molecule has 1 amide bonds. The molecule has 2 rings (SSSR count). The van der Waals surface area contributed by atoms with E-state index in [0.717, 1.165) is 19.4 Å². The molecule has 1 aliphatic rings. The second-order valence-corrected chi connectivity index (χ2v) is 5.61. The number of aliphatic hydroxyl groups excluding tert-OH is 1. The molecule has 4 heteroatoms. The molecular formula is C16H24N2O2. The number of nitrogens with zero attached hydrogens (tertiary/aromatic N) is 1. The maximum absolute atomic E-state index is 11.8. The number of hydrogen-bond acceptors (Lipinski definition) is 3. The number of hydrogen-bond donors (Lipinski definition) is 2. The Morgan fingerprint density at radius 3 is 3.00 bits per heavy atom. The van der Waals surface area contributed by atoms with E-state index >= 15 is 0 Å². The summed E-state index contributed by atoms with van der Waals surface area (Å²) < 4.78 is 0. The van der Waals surface area contributed by atoms with Crippen molar-refractivity contribution in [2.24, 2.45) is 0 Å². The van der Waals surface area contributed by atoms with Gasteiger partial charge in [-0.15, -0.1) is 0 Å². The molecular weight excluding hydrogens is 252 g/mol. The zero-order chi connectivity index (χ0) is 14.5. The number of aliphatic hydroxyl groups is 1. The van der Waals surface area contributed by atoms with Gasteiger partial charge in [0.1, 0.15) is 0 Å². The van der Waals surface area contributed by atoms with Gasteiger partial charge in [0.25, 0.3) is 0 Å². The molecule has 0 fully saturated rings. The van der Waals surface area contributed by atoms with E-state index in [1.165, 1.54) is 11.3 Å². The molecule has 0 saturated carbocycles. The topological polar surface area (TPSA) is 52.6 Å². The fourth-order valence-electron chi connectivity index (χ4n) is 2.67. The van der Waals surface area contributed by atoms with Gasteiger partial charge in [0.15, 0.2) is 0 Å². The van der Waals surface area contributed by atoms with Crippen LogP contribution in [0.2, 0.25) is 0 Å². The Labute approximate surface area is 120 Å². The first-order valence-electron chi connectivity index (χ1n) is 7.37. The maximum Gasteiger partial charge on any atom is 0.221 e. The molecule has 1 aliphatic heterocycles. The van der Waals surface area contributed by atoms with Gasteiger partial charge in [0.2, 0.25) is 5.91 Å². The summed E-state index contributed by atoms with van der Waals surface area (Å²) in [5.41, 5.74) is 2.63. The van der Waals surface area contributed by atoms with Crippen molar-refractivity contribution in [3.63, 3.8) is 0 Å². The number of rotatable bonds is 5. The number of benzene rings is 1. The minimum Gasteiger partial charge on any atom is -0.392 e. The predicted molar refractivity (Wildman–Crippen MR) is 80.9 cm³/mol. The Balaban J connectivity index is 1.93. The van der Waals surface area contributed by atoms with Crippen molar-refractivity contribution in [1.29, 1.82) is 0 Å². The molecule has 2 atom stereocenters. The first-order valence-corrected chi connectivity index (χ1v) is 7.37. The van der Waals surface area contributed by atoms with Gasteiger partial charge in [-0.2, -0.15) is 0 Å². The Bertz CT molecular complexity index is 460. The van der Waals surface area contributed by atoms with Crippen LogP contribution >= 0.6 is 0 Å². The highest BCUT2D eigenvalue weighted by atomic mass is 16.3. The van der Waals surface area contributed by atoms with E-state index in [1.54, 1.807) is 6.92 Å². The van der Waals surface area contributed by atoms with Crippen LogP contribution in [0.15, 0.2) is 24.3 Å². The number of fused-ring (bicyclic) bond motifs is 1. The molecule has 0 radical (unpaired) electrons. The molecule has 1 heterocycles. The van der Waals surface area contributed by atoms with Crippen LogP contribution in [0.25, 0.3) is 0 Å². The minimum atomic E-state index is -0.492. The molecule has 2 unspecified atom stereocenters. The highest BCUT2D eigenvalue weighted by Crippen LogP contribution is 2.30. The summed E-state index contributed by atoms with van der Waals surface area (Å²) in [4.78, 5) is 14.1. The number of nitrogens with one attached hydrogen (secondary N) is 1. The van der Waals surface area contributed by atoms with Crippen molar-refractivity contribution < 1.29 is 9.90 Å². The first kappa shape index (κ1) is 14.9. The second kappa shape index (κ2) is 6.75. The van der Waals surface area contributed by atoms with E-state index in [9.17, 15) is 4.79 Å². The number of para-hydroxylation sites is 1. The molecule has 1 aromatic carbocycles. The molecule has 0 saturated heterocycles. The summed E-state index contributed by atoms with van der Waals surface area (Å²) in [7, 11) is 0. The molecule has 0 aliphatic carbocycles. The summed E-state index contributed by atoms with van der Waals surface area (Å²) in [6.45, 7) is 4.93. The molecule has 20 heavy (non-hydrogen) atoms. The van der Waals surface area contributed by atoms with Gasteiger partial charge < -0.3 is 15.3 Å². The van der Waals surface area contributed by atoms with Crippen molar-refractivity contribution in [3.05, 3.63) is 29.8 Å². The Hall–Kier alpha value is -1.55. The average molecular weight is 276 g/mol. The summed E-state index contributed by atoms with van der Waals surface area (Å²) in [6.07, 6.45) is 2.22. The fraction of sp³-hybridized carbons (Fsp3) is 0.562. The number of carbonyl (C=O) groups excluding carboxylic acids is 1. The van der Waals surface area contributed by atoms with Gasteiger partial charge in [-0.05, 0) is 38.3 Å². The zero-order valence-corrected chi connectivity index (χ0v) is 12.3. The molecule has 0 aromatic heterocycles. The van der Waals surface area contributed by atoms with Crippen LogP contribution in [-0.2, 0) is 11.2 Å². The van der Waals surface area contributed by atoms with E-state index in [0.29, 0.717) is 19.0 Å². The Kier molecular flexibility index (Phi) is 5.01. The van der Waals surface area contributed by atoms with Crippen LogP contribution < -0.4 is 10.2 Å². The lowest BCUT2D eigenvalue weighted by Crippen LogP contribution is -2.40. The van der Waals surface area contributed by atoms with Crippen LogP contribution in [0.5, 0.6) is 0 Å². The van der Waals surface area contributed by atoms with Crippen molar-refractivity contribution in [2.45, 2.75) is 45.3 Å². The maximum atomic E-state index is 11.8. The van der Waals surface area contributed by atoms with Gasteiger partial charge in [-0.3, -0.25) is 4.79 Å². The van der Waals surface area contributed by atoms with Crippen molar-refractivity contribution >= 4 is 11.6 Å². The summed E-state index contributed by atoms with van der Waals surface area (Å²) in [6, 6.07) is 8.90. The van der Waals surface area contributed by atoms with Crippen LogP contribution in [0.3, 0.4) is 0 Å². The lowest BCUT2D eigenvalue weighted by atomic mass is 9.96. The fourth-order valence-corrected chi connectivity index (χ4v) is 2.67.